The van der Waals surface area contributed by atoms with Crippen LogP contribution in [0.3, 0.4) is 0 Å². The molecule has 30 heavy (non-hydrogen) atoms. The molecule has 4 aliphatic carbocycles. The zero-order valence-corrected chi connectivity index (χ0v) is 18.0. The van der Waals surface area contributed by atoms with Gasteiger partial charge in [-0.3, -0.25) is 4.79 Å². The second-order valence-electron chi connectivity index (χ2n) is 11.1. The Kier molecular flexibility index (Phi) is 4.64. The van der Waals surface area contributed by atoms with Crippen molar-refractivity contribution in [1.82, 2.24) is 0 Å². The number of esters is 1. The fourth-order valence-electron chi connectivity index (χ4n) is 8.63. The first-order chi connectivity index (χ1) is 14.2. The molecule has 8 unspecified atom stereocenters. The quantitative estimate of drug-likeness (QED) is 0.541. The maximum absolute atomic E-state index is 12.3. The zero-order chi connectivity index (χ0) is 21.3. The lowest BCUT2D eigenvalue weighted by atomic mass is 9.43. The number of ether oxygens (including phenoxy) is 2. The highest BCUT2D eigenvalue weighted by molar-refractivity contribution is 5.85. The molecule has 6 nitrogen and oxygen atoms in total. The highest BCUT2D eigenvalue weighted by atomic mass is 16.5. The monoisotopic (exact) mass is 418 g/mol. The largest absolute Gasteiger partial charge is 0.464 e. The summed E-state index contributed by atoms with van der Waals surface area (Å²) >= 11 is 0. The molecule has 2 N–H and O–H groups in total. The standard InChI is InChI=1S/C24H34O6/c1-22-7-5-16(26)10-15(22)3-4-18-17(22)6-8-23(2)21(14-9-20(27)29-12-14)19(30-13-25)11-24(18,23)28/h9,13,15-19,21,26,28H,3-8,10-12H2,1-2H3/t15?,16?,17?,18?,19?,21-,22?,23?,24?/m0/s1. The minimum Gasteiger partial charge on any atom is -0.464 e. The van der Waals surface area contributed by atoms with Gasteiger partial charge in [-0.05, 0) is 73.7 Å². The van der Waals surface area contributed by atoms with Crippen molar-refractivity contribution in [2.45, 2.75) is 83.0 Å². The number of aliphatic hydroxyl groups excluding tert-OH is 1. The van der Waals surface area contributed by atoms with Crippen molar-refractivity contribution < 1.29 is 29.3 Å². The van der Waals surface area contributed by atoms with Crippen molar-refractivity contribution in [2.24, 2.45) is 34.5 Å². The van der Waals surface area contributed by atoms with Gasteiger partial charge in [0.2, 0.25) is 0 Å². The van der Waals surface area contributed by atoms with E-state index in [0.29, 0.717) is 24.7 Å². The molecule has 0 aromatic rings. The number of hydrogen-bond acceptors (Lipinski definition) is 6. The Labute approximate surface area is 178 Å². The fourth-order valence-corrected chi connectivity index (χ4v) is 8.63. The third-order valence-corrected chi connectivity index (χ3v) is 10.1. The average Bonchev–Trinajstić information content (AvgIpc) is 3.20. The van der Waals surface area contributed by atoms with Crippen molar-refractivity contribution in [2.75, 3.05) is 6.61 Å². The molecule has 1 heterocycles. The minimum atomic E-state index is -0.940. The maximum atomic E-state index is 12.3. The molecule has 0 bridgehead atoms. The predicted octanol–water partition coefficient (Wildman–Crippen LogP) is 2.76. The van der Waals surface area contributed by atoms with Crippen LogP contribution in [-0.2, 0) is 19.1 Å². The molecular formula is C24H34O6. The minimum absolute atomic E-state index is 0.143. The Morgan fingerprint density at radius 2 is 1.97 bits per heavy atom. The van der Waals surface area contributed by atoms with Crippen LogP contribution >= 0.6 is 0 Å². The summed E-state index contributed by atoms with van der Waals surface area (Å²) < 4.78 is 10.7. The number of carbonyl (C=O) groups is 2. The second-order valence-corrected chi connectivity index (χ2v) is 11.1. The van der Waals surface area contributed by atoms with Crippen molar-refractivity contribution in [3.8, 4) is 0 Å². The number of aliphatic hydroxyl groups is 2. The number of carbonyl (C=O) groups excluding carboxylic acids is 2. The van der Waals surface area contributed by atoms with Gasteiger partial charge in [0.25, 0.3) is 6.47 Å². The maximum Gasteiger partial charge on any atom is 0.331 e. The smallest absolute Gasteiger partial charge is 0.331 e. The first-order valence-electron chi connectivity index (χ1n) is 11.6. The number of rotatable bonds is 3. The van der Waals surface area contributed by atoms with Gasteiger partial charge >= 0.3 is 5.97 Å². The van der Waals surface area contributed by atoms with E-state index >= 15 is 0 Å². The van der Waals surface area contributed by atoms with E-state index in [2.05, 4.69) is 13.8 Å². The van der Waals surface area contributed by atoms with Crippen LogP contribution in [-0.4, -0.2) is 47.1 Å². The Morgan fingerprint density at radius 3 is 2.67 bits per heavy atom. The van der Waals surface area contributed by atoms with Crippen molar-refractivity contribution in [3.05, 3.63) is 11.6 Å². The van der Waals surface area contributed by atoms with Crippen LogP contribution in [0, 0.1) is 34.5 Å². The molecule has 0 aromatic carbocycles. The summed E-state index contributed by atoms with van der Waals surface area (Å²) in [6.07, 6.45) is 7.90. The molecule has 4 saturated carbocycles. The van der Waals surface area contributed by atoms with Crippen molar-refractivity contribution in [1.29, 1.82) is 0 Å². The molecule has 1 aliphatic heterocycles. The lowest BCUT2D eigenvalue weighted by Crippen LogP contribution is -2.62. The average molecular weight is 419 g/mol. The van der Waals surface area contributed by atoms with Gasteiger partial charge in [-0.25, -0.2) is 4.79 Å². The summed E-state index contributed by atoms with van der Waals surface area (Å²) in [4.78, 5) is 23.1. The number of cyclic esters (lactones) is 1. The number of fused-ring (bicyclic) bond motifs is 5. The van der Waals surface area contributed by atoms with Crippen molar-refractivity contribution in [3.63, 3.8) is 0 Å². The van der Waals surface area contributed by atoms with E-state index in [1.807, 2.05) is 0 Å². The van der Waals surface area contributed by atoms with Crippen LogP contribution in [0.25, 0.3) is 0 Å². The van der Waals surface area contributed by atoms with E-state index in [4.69, 9.17) is 9.47 Å². The first kappa shape index (κ1) is 20.5. The molecule has 4 fully saturated rings. The SMILES string of the molecule is CC12CCC(O)CC1CCC1C2CCC2(C)[C@@H](C3=CC(=O)OC3)C(OC=O)CC12O. The van der Waals surface area contributed by atoms with Crippen LogP contribution in [0.15, 0.2) is 11.6 Å². The van der Waals surface area contributed by atoms with Crippen LogP contribution in [0.4, 0.5) is 0 Å². The summed E-state index contributed by atoms with van der Waals surface area (Å²) in [5.74, 6) is 0.524. The van der Waals surface area contributed by atoms with Gasteiger partial charge < -0.3 is 19.7 Å². The van der Waals surface area contributed by atoms with Crippen LogP contribution in [0.5, 0.6) is 0 Å². The van der Waals surface area contributed by atoms with E-state index in [1.165, 1.54) is 6.08 Å². The first-order valence-corrected chi connectivity index (χ1v) is 11.6. The molecular weight excluding hydrogens is 384 g/mol. The summed E-state index contributed by atoms with van der Waals surface area (Å²) in [5, 5.41) is 22.5. The Bertz CT molecular complexity index is 778. The van der Waals surface area contributed by atoms with E-state index in [1.54, 1.807) is 0 Å². The summed E-state index contributed by atoms with van der Waals surface area (Å²) in [6.45, 7) is 5.22. The van der Waals surface area contributed by atoms with Gasteiger partial charge in [-0.1, -0.05) is 13.8 Å². The molecule has 6 heteroatoms. The normalized spacial score (nSPS) is 52.5. The van der Waals surface area contributed by atoms with E-state index in [-0.39, 0.29) is 35.9 Å². The lowest BCUT2D eigenvalue weighted by Gasteiger charge is -2.63. The van der Waals surface area contributed by atoms with Crippen LogP contribution < -0.4 is 0 Å². The summed E-state index contributed by atoms with van der Waals surface area (Å²) in [6, 6.07) is 0. The zero-order valence-electron chi connectivity index (χ0n) is 18.0. The molecule has 0 amide bonds. The highest BCUT2D eigenvalue weighted by Gasteiger charge is 2.70. The summed E-state index contributed by atoms with van der Waals surface area (Å²) in [5.41, 5.74) is -0.405. The molecule has 166 valence electrons. The van der Waals surface area contributed by atoms with Gasteiger partial charge in [-0.15, -0.1) is 0 Å². The fraction of sp³-hybridized carbons (Fsp3) is 0.833. The third kappa shape index (κ3) is 2.62. The van der Waals surface area contributed by atoms with Crippen LogP contribution in [0.2, 0.25) is 0 Å². The topological polar surface area (TPSA) is 93.1 Å². The van der Waals surface area contributed by atoms with Crippen LogP contribution in [0.1, 0.15) is 65.2 Å². The van der Waals surface area contributed by atoms with Gasteiger partial charge in [0, 0.05) is 23.8 Å². The lowest BCUT2D eigenvalue weighted by molar-refractivity contribution is -0.208. The molecule has 5 aliphatic rings. The number of hydrogen-bond donors (Lipinski definition) is 2. The van der Waals surface area contributed by atoms with E-state index in [0.717, 1.165) is 50.5 Å². The molecule has 0 spiro atoms. The Morgan fingerprint density at radius 1 is 1.17 bits per heavy atom. The Balaban J connectivity index is 1.52. The molecule has 0 radical (unpaired) electrons. The Hall–Kier alpha value is -1.40. The molecule has 5 rings (SSSR count). The van der Waals surface area contributed by atoms with Crippen molar-refractivity contribution >= 4 is 12.4 Å². The van der Waals surface area contributed by atoms with Gasteiger partial charge in [0.15, 0.2) is 0 Å². The third-order valence-electron chi connectivity index (χ3n) is 10.1. The molecule has 0 saturated heterocycles. The second kappa shape index (κ2) is 6.80. The van der Waals surface area contributed by atoms with E-state index < -0.39 is 17.1 Å². The van der Waals surface area contributed by atoms with E-state index in [9.17, 15) is 19.8 Å². The van der Waals surface area contributed by atoms with Gasteiger partial charge in [0.05, 0.1) is 11.7 Å². The molecule has 0 aromatic heterocycles. The van der Waals surface area contributed by atoms with Gasteiger partial charge in [0.1, 0.15) is 12.7 Å². The predicted molar refractivity (Wildman–Crippen MR) is 108 cm³/mol. The highest BCUT2D eigenvalue weighted by Crippen LogP contribution is 2.70. The molecule has 9 atom stereocenters. The van der Waals surface area contributed by atoms with Gasteiger partial charge in [-0.2, -0.15) is 0 Å². The summed E-state index contributed by atoms with van der Waals surface area (Å²) in [7, 11) is 0.